The number of amides is 1. The number of hydrogen-bond acceptors (Lipinski definition) is 6. The molecule has 1 unspecified atom stereocenters. The van der Waals surface area contributed by atoms with E-state index in [1.807, 2.05) is 29.7 Å². The highest BCUT2D eigenvalue weighted by Crippen LogP contribution is 2.29. The van der Waals surface area contributed by atoms with Crippen LogP contribution in [0.5, 0.6) is 0 Å². The van der Waals surface area contributed by atoms with E-state index in [1.54, 1.807) is 41.5 Å². The Bertz CT molecular complexity index is 1660. The third kappa shape index (κ3) is 3.67. The van der Waals surface area contributed by atoms with Gasteiger partial charge in [-0.2, -0.15) is 5.10 Å². The van der Waals surface area contributed by atoms with Gasteiger partial charge in [-0.25, -0.2) is 9.49 Å². The molecule has 0 spiro atoms. The molecule has 10 heteroatoms. The smallest absolute Gasteiger partial charge is 0.272 e. The number of carbonyl (C=O) groups is 1. The second-order valence-corrected chi connectivity index (χ2v) is 8.86. The van der Waals surface area contributed by atoms with Crippen molar-refractivity contribution in [3.05, 3.63) is 99.7 Å². The zero-order valence-corrected chi connectivity index (χ0v) is 19.3. The highest BCUT2D eigenvalue weighted by Gasteiger charge is 2.31. The average Bonchev–Trinajstić information content (AvgIpc) is 3.57. The summed E-state index contributed by atoms with van der Waals surface area (Å²) < 4.78 is 22.3. The molecular weight excluding hydrogens is 463 g/mol. The van der Waals surface area contributed by atoms with Crippen LogP contribution in [-0.2, 0) is 13.0 Å². The second-order valence-electron chi connectivity index (χ2n) is 8.86. The van der Waals surface area contributed by atoms with Gasteiger partial charge in [0.05, 0.1) is 35.5 Å². The lowest BCUT2D eigenvalue weighted by Crippen LogP contribution is -2.40. The molecule has 180 valence electrons. The zero-order valence-electron chi connectivity index (χ0n) is 19.3. The minimum atomic E-state index is -0.598. The van der Waals surface area contributed by atoms with Crippen molar-refractivity contribution >= 4 is 16.7 Å². The Morgan fingerprint density at radius 3 is 2.78 bits per heavy atom. The Hall–Kier alpha value is -4.60. The third-order valence-corrected chi connectivity index (χ3v) is 6.46. The lowest BCUT2D eigenvalue weighted by atomic mass is 10.0. The topological polar surface area (TPSA) is 110 Å². The Balaban J connectivity index is 1.29. The Morgan fingerprint density at radius 1 is 1.14 bits per heavy atom. The molecule has 2 aromatic carbocycles. The van der Waals surface area contributed by atoms with Crippen LogP contribution in [-0.4, -0.2) is 42.3 Å². The largest absolute Gasteiger partial charge is 0.461 e. The fraction of sp³-hybridized carbons (Fsp3) is 0.192. The molecule has 0 saturated heterocycles. The number of hydrogen-bond donors (Lipinski definition) is 1. The summed E-state index contributed by atoms with van der Waals surface area (Å²) >= 11 is 0. The first-order valence-electron chi connectivity index (χ1n) is 11.5. The Kier molecular flexibility index (Phi) is 5.21. The van der Waals surface area contributed by atoms with Crippen LogP contribution >= 0.6 is 0 Å². The summed E-state index contributed by atoms with van der Waals surface area (Å²) in [5.74, 6) is 0.785. The van der Waals surface area contributed by atoms with Crippen molar-refractivity contribution in [3.8, 4) is 11.6 Å². The van der Waals surface area contributed by atoms with Crippen molar-refractivity contribution in [1.29, 1.82) is 0 Å². The molecule has 0 aliphatic carbocycles. The third-order valence-electron chi connectivity index (χ3n) is 6.46. The van der Waals surface area contributed by atoms with Crippen molar-refractivity contribution in [2.45, 2.75) is 25.9 Å². The van der Waals surface area contributed by atoms with E-state index in [0.717, 1.165) is 5.39 Å². The van der Waals surface area contributed by atoms with Crippen LogP contribution in [0.1, 0.15) is 40.4 Å². The molecule has 1 amide bonds. The van der Waals surface area contributed by atoms with Crippen molar-refractivity contribution in [3.63, 3.8) is 0 Å². The predicted octanol–water partition coefficient (Wildman–Crippen LogP) is 3.72. The number of carbonyl (C=O) groups excluding carboxylic acids is 1. The fourth-order valence-corrected chi connectivity index (χ4v) is 4.78. The number of benzene rings is 2. The molecule has 1 N–H and O–H groups in total. The van der Waals surface area contributed by atoms with Crippen LogP contribution in [0.3, 0.4) is 0 Å². The van der Waals surface area contributed by atoms with Crippen molar-refractivity contribution in [2.75, 3.05) is 6.54 Å². The number of aromatic nitrogens is 5. The summed E-state index contributed by atoms with van der Waals surface area (Å²) in [6.07, 6.45) is 1.90. The van der Waals surface area contributed by atoms with E-state index < -0.39 is 11.7 Å². The summed E-state index contributed by atoms with van der Waals surface area (Å²) in [5, 5.41) is 16.4. The molecule has 9 nitrogen and oxygen atoms in total. The van der Waals surface area contributed by atoms with Crippen LogP contribution in [0.4, 0.5) is 4.39 Å². The molecule has 5 aromatic rings. The molecule has 0 saturated carbocycles. The van der Waals surface area contributed by atoms with Gasteiger partial charge in [0.1, 0.15) is 5.82 Å². The van der Waals surface area contributed by atoms with Crippen molar-refractivity contribution in [2.24, 2.45) is 0 Å². The van der Waals surface area contributed by atoms with Crippen LogP contribution in [0.15, 0.2) is 70.1 Å². The van der Waals surface area contributed by atoms with Crippen molar-refractivity contribution < 1.29 is 13.6 Å². The lowest BCUT2D eigenvalue weighted by molar-refractivity contribution is 0.0677. The molecular formula is C26H21FN6O3. The van der Waals surface area contributed by atoms with Gasteiger partial charge in [-0.05, 0) is 42.8 Å². The first-order valence-corrected chi connectivity index (χ1v) is 11.5. The summed E-state index contributed by atoms with van der Waals surface area (Å²) in [5.41, 5.74) is 1.05. The summed E-state index contributed by atoms with van der Waals surface area (Å²) in [6, 6.07) is 15.1. The van der Waals surface area contributed by atoms with Gasteiger partial charge in [0.25, 0.3) is 11.5 Å². The maximum Gasteiger partial charge on any atom is 0.272 e. The average molecular weight is 484 g/mol. The Morgan fingerprint density at radius 2 is 1.97 bits per heavy atom. The van der Waals surface area contributed by atoms with Gasteiger partial charge >= 0.3 is 0 Å². The number of halogens is 1. The zero-order chi connectivity index (χ0) is 24.8. The van der Waals surface area contributed by atoms with E-state index >= 15 is 0 Å². The van der Waals surface area contributed by atoms with E-state index in [2.05, 4.69) is 20.4 Å². The number of H-pyrrole nitrogens is 1. The summed E-state index contributed by atoms with van der Waals surface area (Å²) in [7, 11) is 0. The van der Waals surface area contributed by atoms with E-state index in [-0.39, 0.29) is 23.7 Å². The number of aromatic amines is 1. The second kappa shape index (κ2) is 8.56. The molecule has 36 heavy (non-hydrogen) atoms. The molecule has 1 atom stereocenters. The number of nitrogens with one attached hydrogen (secondary N) is 1. The number of rotatable bonds is 4. The maximum absolute atomic E-state index is 14.8. The van der Waals surface area contributed by atoms with E-state index in [1.165, 1.54) is 6.07 Å². The molecule has 4 heterocycles. The van der Waals surface area contributed by atoms with E-state index in [9.17, 15) is 14.0 Å². The predicted molar refractivity (Wildman–Crippen MR) is 129 cm³/mol. The van der Waals surface area contributed by atoms with Crippen LogP contribution < -0.4 is 5.56 Å². The van der Waals surface area contributed by atoms with Crippen LogP contribution in [0.25, 0.3) is 22.4 Å². The van der Waals surface area contributed by atoms with Gasteiger partial charge in [-0.15, -0.1) is 10.2 Å². The minimum absolute atomic E-state index is 0.0207. The monoisotopic (exact) mass is 484 g/mol. The van der Waals surface area contributed by atoms with E-state index in [4.69, 9.17) is 4.42 Å². The maximum atomic E-state index is 14.8. The van der Waals surface area contributed by atoms with Gasteiger partial charge in [-0.3, -0.25) is 9.59 Å². The molecule has 0 fully saturated rings. The summed E-state index contributed by atoms with van der Waals surface area (Å²) in [6.45, 7) is 2.53. The first-order chi connectivity index (χ1) is 17.5. The van der Waals surface area contributed by atoms with Gasteiger partial charge in [0, 0.05) is 18.4 Å². The number of nitrogens with zero attached hydrogens (tertiary/aromatic N) is 5. The van der Waals surface area contributed by atoms with Gasteiger partial charge < -0.3 is 13.9 Å². The standard InChI is InChI=1S/C26H21FN6O3/c1-15-13-32(14-23-29-30-24(33(15)23)22-7-4-10-36-22)26(35)19-11-16(8-9-20(19)27)12-21-17-5-2-3-6-18(17)25(34)31-28-21/h2-11,15H,12-14H2,1H3,(H,31,34). The SMILES string of the molecule is CC1CN(C(=O)c2cc(Cc3n[nH]c(=O)c4ccccc34)ccc2F)Cc2nnc(-c3ccco3)n21. The number of furan rings is 1. The highest BCUT2D eigenvalue weighted by atomic mass is 19.1. The van der Waals surface area contributed by atoms with Crippen molar-refractivity contribution in [1.82, 2.24) is 29.9 Å². The molecule has 3 aromatic heterocycles. The van der Waals surface area contributed by atoms with Gasteiger partial charge in [-0.1, -0.05) is 24.3 Å². The molecule has 0 bridgehead atoms. The van der Waals surface area contributed by atoms with Crippen LogP contribution in [0, 0.1) is 5.82 Å². The minimum Gasteiger partial charge on any atom is -0.461 e. The fourth-order valence-electron chi connectivity index (χ4n) is 4.78. The molecule has 6 rings (SSSR count). The molecule has 1 aliphatic rings. The van der Waals surface area contributed by atoms with Crippen LogP contribution in [0.2, 0.25) is 0 Å². The normalized spacial score (nSPS) is 15.3. The van der Waals surface area contributed by atoms with Gasteiger partial charge in [0.2, 0.25) is 0 Å². The van der Waals surface area contributed by atoms with E-state index in [0.29, 0.717) is 47.0 Å². The van der Waals surface area contributed by atoms with Gasteiger partial charge in [0.15, 0.2) is 17.4 Å². The molecule has 1 aliphatic heterocycles. The summed E-state index contributed by atoms with van der Waals surface area (Å²) in [4.78, 5) is 27.1. The quantitative estimate of drug-likeness (QED) is 0.416. The number of fused-ring (bicyclic) bond motifs is 2. The molecule has 0 radical (unpaired) electrons. The first kappa shape index (κ1) is 21.9. The Labute approximate surface area is 204 Å². The lowest BCUT2D eigenvalue weighted by Gasteiger charge is -2.32. The highest BCUT2D eigenvalue weighted by molar-refractivity contribution is 5.95.